The standard InChI is InChI=1S/C18H15N3O11/c1-30-14-7-10(3-4-19(24)25)8-15(17(14)23)32-18-12(20(26)27)5-11(9-16(22)31-2)6-13(18)21(28)29/h3-8,23H,9H2,1-2H3/b4-3+. The molecule has 14 heteroatoms. The van der Waals surface area contributed by atoms with Crippen molar-refractivity contribution in [3.05, 3.63) is 71.9 Å². The van der Waals surface area contributed by atoms with Gasteiger partial charge in [-0.15, -0.1) is 0 Å². The van der Waals surface area contributed by atoms with Crippen LogP contribution >= 0.6 is 0 Å². The van der Waals surface area contributed by atoms with Crippen LogP contribution in [0.5, 0.6) is 23.0 Å². The molecule has 1 N–H and O–H groups in total. The zero-order chi connectivity index (χ0) is 24.0. The van der Waals surface area contributed by atoms with Gasteiger partial charge in [0.15, 0.2) is 11.5 Å². The molecule has 0 aliphatic carbocycles. The van der Waals surface area contributed by atoms with Gasteiger partial charge in [-0.3, -0.25) is 35.1 Å². The van der Waals surface area contributed by atoms with Crippen LogP contribution in [0.15, 0.2) is 30.5 Å². The number of carbonyl (C=O) groups is 1. The van der Waals surface area contributed by atoms with Gasteiger partial charge in [-0.2, -0.15) is 0 Å². The fourth-order valence-electron chi connectivity index (χ4n) is 2.56. The van der Waals surface area contributed by atoms with E-state index in [9.17, 15) is 40.2 Å². The molecule has 0 unspecified atom stereocenters. The number of nitrogens with zero attached hydrogens (tertiary/aromatic N) is 3. The Morgan fingerprint density at radius 2 is 1.56 bits per heavy atom. The molecule has 0 amide bonds. The van der Waals surface area contributed by atoms with Crippen LogP contribution in [-0.2, 0) is 16.0 Å². The van der Waals surface area contributed by atoms with Crippen LogP contribution in [0.2, 0.25) is 0 Å². The molecule has 0 aliphatic heterocycles. The first-order valence-electron chi connectivity index (χ1n) is 8.50. The number of phenolic OH excluding ortho intramolecular Hbond substituents is 1. The molecule has 0 saturated heterocycles. The minimum absolute atomic E-state index is 0.0768. The maximum atomic E-state index is 11.6. The Bertz CT molecular complexity index is 1090. The van der Waals surface area contributed by atoms with E-state index in [1.807, 2.05) is 0 Å². The van der Waals surface area contributed by atoms with Gasteiger partial charge in [-0.25, -0.2) is 0 Å². The molecule has 0 saturated carbocycles. The van der Waals surface area contributed by atoms with Crippen LogP contribution in [0.25, 0.3) is 6.08 Å². The molecular formula is C18H15N3O11. The lowest BCUT2D eigenvalue weighted by molar-refractivity contribution is -0.400. The first kappa shape index (κ1) is 23.5. The number of esters is 1. The Kier molecular flexibility index (Phi) is 7.23. The van der Waals surface area contributed by atoms with Crippen molar-refractivity contribution in [3.8, 4) is 23.0 Å². The Balaban J connectivity index is 2.68. The van der Waals surface area contributed by atoms with E-state index in [1.54, 1.807) is 0 Å². The summed E-state index contributed by atoms with van der Waals surface area (Å²) < 4.78 is 14.7. The van der Waals surface area contributed by atoms with Crippen molar-refractivity contribution in [1.82, 2.24) is 0 Å². The molecule has 0 heterocycles. The zero-order valence-corrected chi connectivity index (χ0v) is 16.5. The maximum Gasteiger partial charge on any atom is 0.319 e. The monoisotopic (exact) mass is 449 g/mol. The van der Waals surface area contributed by atoms with E-state index in [2.05, 4.69) is 4.74 Å². The van der Waals surface area contributed by atoms with Crippen molar-refractivity contribution >= 4 is 23.4 Å². The van der Waals surface area contributed by atoms with Crippen molar-refractivity contribution in [3.63, 3.8) is 0 Å². The van der Waals surface area contributed by atoms with Crippen LogP contribution in [0, 0.1) is 30.3 Å². The molecule has 0 spiro atoms. The number of benzene rings is 2. The number of ether oxygens (including phenoxy) is 3. The molecule has 0 atom stereocenters. The highest BCUT2D eigenvalue weighted by atomic mass is 16.6. The third-order valence-electron chi connectivity index (χ3n) is 3.96. The molecule has 0 aliphatic rings. The molecular weight excluding hydrogens is 434 g/mol. The Hall–Kier alpha value is -4.75. The number of hydrogen-bond acceptors (Lipinski definition) is 11. The van der Waals surface area contributed by atoms with Gasteiger partial charge in [-0.1, -0.05) is 0 Å². The summed E-state index contributed by atoms with van der Waals surface area (Å²) in [5.74, 6) is -2.98. The summed E-state index contributed by atoms with van der Waals surface area (Å²) in [6.45, 7) is 0. The summed E-state index contributed by atoms with van der Waals surface area (Å²) in [6.07, 6.45) is 1.14. The van der Waals surface area contributed by atoms with Crippen LogP contribution in [0.3, 0.4) is 0 Å². The molecule has 32 heavy (non-hydrogen) atoms. The highest BCUT2D eigenvalue weighted by Crippen LogP contribution is 2.46. The summed E-state index contributed by atoms with van der Waals surface area (Å²) >= 11 is 0. The van der Waals surface area contributed by atoms with Crippen LogP contribution in [0.4, 0.5) is 11.4 Å². The molecule has 0 radical (unpaired) electrons. The Labute approximate surface area is 178 Å². The first-order chi connectivity index (χ1) is 15.1. The second-order valence-electron chi connectivity index (χ2n) is 6.00. The van der Waals surface area contributed by atoms with E-state index in [1.165, 1.54) is 13.2 Å². The summed E-state index contributed by atoms with van der Waals surface area (Å²) in [7, 11) is 2.26. The quantitative estimate of drug-likeness (QED) is 0.336. The smallest absolute Gasteiger partial charge is 0.319 e. The summed E-state index contributed by atoms with van der Waals surface area (Å²) in [4.78, 5) is 42.5. The zero-order valence-electron chi connectivity index (χ0n) is 16.5. The van der Waals surface area contributed by atoms with Gasteiger partial charge in [0, 0.05) is 18.2 Å². The number of phenols is 1. The van der Waals surface area contributed by atoms with Gasteiger partial charge in [0.05, 0.1) is 35.4 Å². The van der Waals surface area contributed by atoms with Gasteiger partial charge < -0.3 is 19.3 Å². The van der Waals surface area contributed by atoms with Crippen molar-refractivity contribution < 1.29 is 38.9 Å². The average Bonchev–Trinajstić information content (AvgIpc) is 2.74. The Morgan fingerprint density at radius 3 is 2.03 bits per heavy atom. The van der Waals surface area contributed by atoms with E-state index in [-0.39, 0.29) is 16.9 Å². The minimum atomic E-state index is -0.964. The average molecular weight is 449 g/mol. The SMILES string of the molecule is COC(=O)Cc1cc([N+](=O)[O-])c(Oc2cc(/C=C/[N+](=O)[O-])cc(OC)c2O)c([N+](=O)[O-])c1. The maximum absolute atomic E-state index is 11.6. The highest BCUT2D eigenvalue weighted by Gasteiger charge is 2.31. The van der Waals surface area contributed by atoms with E-state index in [4.69, 9.17) is 9.47 Å². The third kappa shape index (κ3) is 5.44. The molecule has 2 aromatic rings. The van der Waals surface area contributed by atoms with Crippen LogP contribution in [-0.4, -0.2) is 40.1 Å². The predicted molar refractivity (Wildman–Crippen MR) is 106 cm³/mol. The highest BCUT2D eigenvalue weighted by molar-refractivity contribution is 5.75. The second-order valence-corrected chi connectivity index (χ2v) is 6.00. The van der Waals surface area contributed by atoms with Crippen molar-refractivity contribution in [1.29, 1.82) is 0 Å². The molecule has 168 valence electrons. The van der Waals surface area contributed by atoms with Gasteiger partial charge in [0.25, 0.3) is 5.75 Å². The molecule has 0 bridgehead atoms. The van der Waals surface area contributed by atoms with Gasteiger partial charge in [0.1, 0.15) is 0 Å². The van der Waals surface area contributed by atoms with E-state index in [0.29, 0.717) is 6.20 Å². The van der Waals surface area contributed by atoms with Crippen molar-refractivity contribution in [2.75, 3.05) is 14.2 Å². The topological polar surface area (TPSA) is 194 Å². The van der Waals surface area contributed by atoms with Crippen LogP contribution < -0.4 is 9.47 Å². The normalized spacial score (nSPS) is 10.6. The molecule has 0 fully saturated rings. The molecule has 14 nitrogen and oxygen atoms in total. The number of hydrogen-bond donors (Lipinski definition) is 1. The third-order valence-corrected chi connectivity index (χ3v) is 3.96. The predicted octanol–water partition coefficient (Wildman–Crippen LogP) is 2.97. The summed E-state index contributed by atoms with van der Waals surface area (Å²) in [6, 6.07) is 4.06. The fraction of sp³-hybridized carbons (Fsp3) is 0.167. The van der Waals surface area contributed by atoms with E-state index in [0.717, 1.165) is 31.4 Å². The molecule has 2 rings (SSSR count). The second kappa shape index (κ2) is 9.84. The van der Waals surface area contributed by atoms with Gasteiger partial charge >= 0.3 is 17.3 Å². The first-order valence-corrected chi connectivity index (χ1v) is 8.50. The number of methoxy groups -OCH3 is 2. The molecule has 0 aromatic heterocycles. The summed E-state index contributed by atoms with van der Waals surface area (Å²) in [5.41, 5.74) is -1.70. The largest absolute Gasteiger partial charge is 0.502 e. The Morgan fingerprint density at radius 1 is 1.00 bits per heavy atom. The number of nitro groups is 3. The number of aromatic hydroxyl groups is 1. The van der Waals surface area contributed by atoms with E-state index >= 15 is 0 Å². The lowest BCUT2D eigenvalue weighted by Gasteiger charge is -2.13. The van der Waals surface area contributed by atoms with Crippen LogP contribution in [0.1, 0.15) is 11.1 Å². The van der Waals surface area contributed by atoms with E-state index < -0.39 is 55.8 Å². The van der Waals surface area contributed by atoms with Gasteiger partial charge in [0.2, 0.25) is 11.9 Å². The molecule has 2 aromatic carbocycles. The van der Waals surface area contributed by atoms with Gasteiger partial charge in [-0.05, 0) is 23.3 Å². The van der Waals surface area contributed by atoms with Crippen molar-refractivity contribution in [2.45, 2.75) is 6.42 Å². The minimum Gasteiger partial charge on any atom is -0.502 e. The number of rotatable bonds is 9. The number of carbonyl (C=O) groups excluding carboxylic acids is 1. The summed E-state index contributed by atoms with van der Waals surface area (Å²) in [5, 5.41) is 44.0. The number of nitro benzene ring substituents is 2. The van der Waals surface area contributed by atoms with Crippen molar-refractivity contribution in [2.24, 2.45) is 0 Å². The lowest BCUT2D eigenvalue weighted by Crippen LogP contribution is -2.07. The lowest BCUT2D eigenvalue weighted by atomic mass is 10.1. The fourth-order valence-corrected chi connectivity index (χ4v) is 2.56.